The van der Waals surface area contributed by atoms with E-state index < -0.39 is 0 Å². The van der Waals surface area contributed by atoms with E-state index in [2.05, 4.69) is 49.2 Å². The van der Waals surface area contributed by atoms with Crippen LogP contribution in [0.4, 0.5) is 0 Å². The first-order valence-electron chi connectivity index (χ1n) is 6.33. The Labute approximate surface area is 104 Å². The Kier molecular flexibility index (Phi) is 3.49. The summed E-state index contributed by atoms with van der Waals surface area (Å²) in [5, 5.41) is 9.63. The molecule has 90 valence electrons. The minimum absolute atomic E-state index is 0.267. The van der Waals surface area contributed by atoms with Crippen LogP contribution in [0.15, 0.2) is 24.3 Å². The number of nitriles is 1. The van der Waals surface area contributed by atoms with Crippen molar-refractivity contribution in [1.82, 2.24) is 4.90 Å². The molecule has 0 saturated carbocycles. The van der Waals surface area contributed by atoms with Gasteiger partial charge in [-0.05, 0) is 51.9 Å². The third-order valence-electron chi connectivity index (χ3n) is 3.85. The van der Waals surface area contributed by atoms with Gasteiger partial charge in [0, 0.05) is 0 Å². The molecule has 17 heavy (non-hydrogen) atoms. The number of aryl methyl sites for hydroxylation is 1. The Morgan fingerprint density at radius 1 is 1.29 bits per heavy atom. The van der Waals surface area contributed by atoms with Crippen molar-refractivity contribution in [3.63, 3.8) is 0 Å². The van der Waals surface area contributed by atoms with E-state index in [-0.39, 0.29) is 5.41 Å². The number of hydrogen-bond acceptors (Lipinski definition) is 2. The van der Waals surface area contributed by atoms with Crippen molar-refractivity contribution in [2.24, 2.45) is 0 Å². The largest absolute Gasteiger partial charge is 0.306 e. The van der Waals surface area contributed by atoms with Gasteiger partial charge in [0.15, 0.2) is 0 Å². The molecule has 0 aliphatic carbocycles. The lowest BCUT2D eigenvalue weighted by atomic mass is 9.75. The Hall–Kier alpha value is -1.33. The second-order valence-corrected chi connectivity index (χ2v) is 5.22. The Morgan fingerprint density at radius 2 is 2.12 bits per heavy atom. The normalized spacial score (nSPS) is 26.2. The average Bonchev–Trinajstić information content (AvgIpc) is 2.52. The number of rotatable bonds is 1. The first-order valence-corrected chi connectivity index (χ1v) is 6.33. The van der Waals surface area contributed by atoms with Crippen LogP contribution in [0.3, 0.4) is 0 Å². The molecule has 1 fully saturated rings. The van der Waals surface area contributed by atoms with Crippen LogP contribution in [0.1, 0.15) is 30.4 Å². The molecule has 1 aliphatic heterocycles. The molecular weight excluding hydrogens is 208 g/mol. The summed E-state index contributed by atoms with van der Waals surface area (Å²) in [6.45, 7) is 4.22. The molecule has 1 aliphatic rings. The summed E-state index contributed by atoms with van der Waals surface area (Å²) in [6.07, 6.45) is 3.04. The molecule has 1 unspecified atom stereocenters. The zero-order chi connectivity index (χ0) is 12.3. The van der Waals surface area contributed by atoms with E-state index in [1.54, 1.807) is 0 Å². The SMILES string of the molecule is Cc1cccc(C2(C#N)CCCN(C)CC2)c1. The highest BCUT2D eigenvalue weighted by Gasteiger charge is 2.33. The zero-order valence-electron chi connectivity index (χ0n) is 10.7. The predicted octanol–water partition coefficient (Wildman–Crippen LogP) is 2.87. The minimum atomic E-state index is -0.267. The van der Waals surface area contributed by atoms with Crippen molar-refractivity contribution in [1.29, 1.82) is 5.26 Å². The molecule has 0 spiro atoms. The van der Waals surface area contributed by atoms with E-state index >= 15 is 0 Å². The van der Waals surface area contributed by atoms with Crippen LogP contribution in [0.25, 0.3) is 0 Å². The highest BCUT2D eigenvalue weighted by atomic mass is 15.1. The maximum atomic E-state index is 9.63. The molecule has 0 aromatic heterocycles. The van der Waals surface area contributed by atoms with Gasteiger partial charge in [0.25, 0.3) is 0 Å². The maximum absolute atomic E-state index is 9.63. The standard InChI is InChI=1S/C15H20N2/c1-13-5-3-6-14(11-13)15(12-16)7-4-9-17(2)10-8-15/h3,5-6,11H,4,7-10H2,1-2H3. The van der Waals surface area contributed by atoms with E-state index in [0.717, 1.165) is 32.4 Å². The predicted molar refractivity (Wildman–Crippen MR) is 69.8 cm³/mol. The molecule has 0 radical (unpaired) electrons. The summed E-state index contributed by atoms with van der Waals surface area (Å²) >= 11 is 0. The minimum Gasteiger partial charge on any atom is -0.306 e. The third-order valence-corrected chi connectivity index (χ3v) is 3.85. The average molecular weight is 228 g/mol. The van der Waals surface area contributed by atoms with Gasteiger partial charge in [0.2, 0.25) is 0 Å². The highest BCUT2D eigenvalue weighted by molar-refractivity contribution is 5.35. The lowest BCUT2D eigenvalue weighted by Gasteiger charge is -2.25. The smallest absolute Gasteiger partial charge is 0.0835 e. The summed E-state index contributed by atoms with van der Waals surface area (Å²) in [5.74, 6) is 0. The van der Waals surface area contributed by atoms with Crippen molar-refractivity contribution >= 4 is 0 Å². The zero-order valence-corrected chi connectivity index (χ0v) is 10.7. The van der Waals surface area contributed by atoms with Crippen LogP contribution in [-0.2, 0) is 5.41 Å². The van der Waals surface area contributed by atoms with Crippen molar-refractivity contribution in [2.45, 2.75) is 31.6 Å². The van der Waals surface area contributed by atoms with Crippen molar-refractivity contribution in [3.05, 3.63) is 35.4 Å². The van der Waals surface area contributed by atoms with Crippen molar-refractivity contribution in [3.8, 4) is 6.07 Å². The fourth-order valence-electron chi connectivity index (χ4n) is 2.68. The molecule has 0 N–H and O–H groups in total. The molecule has 0 amide bonds. The third kappa shape index (κ3) is 2.50. The van der Waals surface area contributed by atoms with Crippen molar-refractivity contribution in [2.75, 3.05) is 20.1 Å². The fourth-order valence-corrected chi connectivity index (χ4v) is 2.68. The monoisotopic (exact) mass is 228 g/mol. The summed E-state index contributed by atoms with van der Waals surface area (Å²) < 4.78 is 0. The highest BCUT2D eigenvalue weighted by Crippen LogP contribution is 2.35. The van der Waals surface area contributed by atoms with Gasteiger partial charge in [-0.2, -0.15) is 5.26 Å². The first kappa shape index (κ1) is 12.1. The lowest BCUT2D eigenvalue weighted by molar-refractivity contribution is 0.342. The van der Waals surface area contributed by atoms with E-state index in [1.807, 2.05) is 0 Å². The van der Waals surface area contributed by atoms with Crippen LogP contribution in [0.2, 0.25) is 0 Å². The van der Waals surface area contributed by atoms with Gasteiger partial charge in [0.05, 0.1) is 11.5 Å². The molecule has 2 nitrogen and oxygen atoms in total. The Morgan fingerprint density at radius 3 is 2.82 bits per heavy atom. The summed E-state index contributed by atoms with van der Waals surface area (Å²) in [6, 6.07) is 11.0. The second kappa shape index (κ2) is 4.89. The molecule has 1 aromatic carbocycles. The van der Waals surface area contributed by atoms with Gasteiger partial charge in [-0.15, -0.1) is 0 Å². The van der Waals surface area contributed by atoms with Crippen LogP contribution in [0, 0.1) is 18.3 Å². The van der Waals surface area contributed by atoms with Gasteiger partial charge < -0.3 is 4.90 Å². The second-order valence-electron chi connectivity index (χ2n) is 5.22. The van der Waals surface area contributed by atoms with Gasteiger partial charge in [-0.1, -0.05) is 29.8 Å². The molecule has 1 aromatic rings. The van der Waals surface area contributed by atoms with Crippen molar-refractivity contribution < 1.29 is 0 Å². The molecule has 1 saturated heterocycles. The van der Waals surface area contributed by atoms with Gasteiger partial charge in [-0.3, -0.25) is 0 Å². The molecule has 1 atom stereocenters. The number of nitrogens with zero attached hydrogens (tertiary/aromatic N) is 2. The Balaban J connectivity index is 2.34. The van der Waals surface area contributed by atoms with E-state index in [4.69, 9.17) is 0 Å². The summed E-state index contributed by atoms with van der Waals surface area (Å²) in [7, 11) is 2.14. The first-order chi connectivity index (χ1) is 8.16. The molecule has 0 bridgehead atoms. The number of benzene rings is 1. The van der Waals surface area contributed by atoms with E-state index in [9.17, 15) is 5.26 Å². The maximum Gasteiger partial charge on any atom is 0.0835 e. The molecule has 2 heteroatoms. The topological polar surface area (TPSA) is 27.0 Å². The molecular formula is C15H20N2. The van der Waals surface area contributed by atoms with Crippen LogP contribution < -0.4 is 0 Å². The van der Waals surface area contributed by atoms with E-state index in [0.29, 0.717) is 0 Å². The van der Waals surface area contributed by atoms with Gasteiger partial charge in [-0.25, -0.2) is 0 Å². The van der Waals surface area contributed by atoms with Gasteiger partial charge >= 0.3 is 0 Å². The lowest BCUT2D eigenvalue weighted by Crippen LogP contribution is -2.26. The van der Waals surface area contributed by atoms with Crippen LogP contribution in [-0.4, -0.2) is 25.0 Å². The quantitative estimate of drug-likeness (QED) is 0.739. The summed E-state index contributed by atoms with van der Waals surface area (Å²) in [4.78, 5) is 2.33. The fraction of sp³-hybridized carbons (Fsp3) is 0.533. The van der Waals surface area contributed by atoms with Crippen LogP contribution in [0.5, 0.6) is 0 Å². The van der Waals surface area contributed by atoms with Crippen LogP contribution >= 0.6 is 0 Å². The van der Waals surface area contributed by atoms with Gasteiger partial charge in [0.1, 0.15) is 0 Å². The molecule has 2 rings (SSSR count). The number of hydrogen-bond donors (Lipinski definition) is 0. The number of likely N-dealkylation sites (tertiary alicyclic amines) is 1. The summed E-state index contributed by atoms with van der Waals surface area (Å²) in [5.41, 5.74) is 2.18. The van der Waals surface area contributed by atoms with E-state index in [1.165, 1.54) is 11.1 Å². The molecule has 1 heterocycles. The Bertz CT molecular complexity index is 433.